The normalized spacial score (nSPS) is 10.6. The second-order valence-electron chi connectivity index (χ2n) is 3.43. The Morgan fingerprint density at radius 2 is 2.00 bits per heavy atom. The smallest absolute Gasteiger partial charge is 0.492 e. The minimum absolute atomic E-state index is 0. The summed E-state index contributed by atoms with van der Waals surface area (Å²) >= 11 is 5.70. The van der Waals surface area contributed by atoms with Crippen LogP contribution in [-0.4, -0.2) is 13.6 Å². The zero-order chi connectivity index (χ0) is 12.3. The minimum atomic E-state index is -5.03. The van der Waals surface area contributed by atoms with Crippen molar-refractivity contribution in [2.24, 2.45) is 0 Å². The molecule has 1 aromatic rings. The molecule has 0 bridgehead atoms. The van der Waals surface area contributed by atoms with E-state index in [-0.39, 0.29) is 51.4 Å². The molecule has 0 unspecified atom stereocenters. The Bertz CT molecular complexity index is 409. The molecule has 0 saturated heterocycles. The van der Waals surface area contributed by atoms with Crippen LogP contribution in [0.15, 0.2) is 30.3 Å². The van der Waals surface area contributed by atoms with Crippen molar-refractivity contribution in [2.75, 3.05) is 6.61 Å². The average Bonchev–Trinajstić information content (AvgIpc) is 2.14. The van der Waals surface area contributed by atoms with Gasteiger partial charge in [-0.2, -0.15) is 0 Å². The van der Waals surface area contributed by atoms with Gasteiger partial charge >= 0.3 is 58.4 Å². The van der Waals surface area contributed by atoms with Crippen LogP contribution in [0.5, 0.6) is 5.75 Å². The maximum absolute atomic E-state index is 12.2. The fourth-order valence-corrected chi connectivity index (χ4v) is 1.27. The molecule has 88 valence electrons. The molecule has 0 saturated carbocycles. The quantitative estimate of drug-likeness (QED) is 0.751. The van der Waals surface area contributed by atoms with Crippen molar-refractivity contribution >= 4 is 18.6 Å². The SMILES string of the molecule is C=C(COc1ccc(Cl)cc1C)[B-](F)(F)F.[K+]. The molecule has 17 heavy (non-hydrogen) atoms. The average molecular weight is 289 g/mol. The van der Waals surface area contributed by atoms with Gasteiger partial charge in [0.15, 0.2) is 0 Å². The summed E-state index contributed by atoms with van der Waals surface area (Å²) in [5.41, 5.74) is -0.163. The summed E-state index contributed by atoms with van der Waals surface area (Å²) in [5.74, 6) is 0.380. The van der Waals surface area contributed by atoms with Crippen molar-refractivity contribution < 1.29 is 69.1 Å². The Morgan fingerprint density at radius 3 is 2.47 bits per heavy atom. The third kappa shape index (κ3) is 5.81. The Labute approximate surface area is 146 Å². The Balaban J connectivity index is 0.00000256. The summed E-state index contributed by atoms with van der Waals surface area (Å²) in [6, 6.07) is 4.72. The molecule has 0 atom stereocenters. The van der Waals surface area contributed by atoms with E-state index < -0.39 is 19.1 Å². The van der Waals surface area contributed by atoms with Gasteiger partial charge in [0.05, 0.1) is 6.61 Å². The van der Waals surface area contributed by atoms with Crippen LogP contribution in [0.3, 0.4) is 0 Å². The number of benzene rings is 1. The molecule has 1 rings (SSSR count). The predicted octanol–water partition coefficient (Wildman–Crippen LogP) is 0.974. The van der Waals surface area contributed by atoms with Gasteiger partial charge in [-0.3, -0.25) is 0 Å². The molecule has 0 radical (unpaired) electrons. The summed E-state index contributed by atoms with van der Waals surface area (Å²) in [6.07, 6.45) is 0. The molecule has 0 fully saturated rings. The van der Waals surface area contributed by atoms with Gasteiger partial charge in [-0.25, -0.2) is 0 Å². The fraction of sp³-hybridized carbons (Fsp3) is 0.200. The number of halogens is 4. The van der Waals surface area contributed by atoms with Crippen molar-refractivity contribution in [2.45, 2.75) is 6.92 Å². The van der Waals surface area contributed by atoms with Crippen molar-refractivity contribution in [1.82, 2.24) is 0 Å². The van der Waals surface area contributed by atoms with E-state index in [1.165, 1.54) is 6.07 Å². The molecular formula is C10H10BClF3KO. The summed E-state index contributed by atoms with van der Waals surface area (Å²) < 4.78 is 41.6. The van der Waals surface area contributed by atoms with E-state index in [1.807, 2.05) is 0 Å². The molecule has 1 aromatic carbocycles. The van der Waals surface area contributed by atoms with Gasteiger partial charge < -0.3 is 17.7 Å². The van der Waals surface area contributed by atoms with Crippen LogP contribution >= 0.6 is 11.6 Å². The first-order valence-electron chi connectivity index (χ1n) is 4.57. The fourth-order valence-electron chi connectivity index (χ4n) is 1.04. The standard InChI is InChI=1S/C10H10BClF3O.K/c1-7-5-9(12)3-4-10(7)16-6-8(2)11(13,14)15;/h3-5H,2,6H2,1H3;/q-1;+1. The van der Waals surface area contributed by atoms with Gasteiger partial charge in [-0.1, -0.05) is 11.6 Å². The summed E-state index contributed by atoms with van der Waals surface area (Å²) in [4.78, 5) is 0. The van der Waals surface area contributed by atoms with Crippen LogP contribution in [0.1, 0.15) is 5.56 Å². The van der Waals surface area contributed by atoms with Gasteiger partial charge in [-0.05, 0) is 30.7 Å². The molecule has 7 heteroatoms. The minimum Gasteiger partial charge on any atom is -0.492 e. The molecule has 0 aliphatic rings. The van der Waals surface area contributed by atoms with Crippen molar-refractivity contribution in [3.8, 4) is 5.75 Å². The van der Waals surface area contributed by atoms with E-state index in [0.717, 1.165) is 0 Å². The number of aryl methyl sites for hydroxylation is 1. The second kappa shape index (κ2) is 7.21. The summed E-state index contributed by atoms with van der Waals surface area (Å²) in [5, 5.41) is 0.517. The van der Waals surface area contributed by atoms with E-state index in [1.54, 1.807) is 19.1 Å². The largest absolute Gasteiger partial charge is 1.00 e. The molecule has 0 heterocycles. The van der Waals surface area contributed by atoms with Gasteiger partial charge in [0.1, 0.15) is 5.75 Å². The first kappa shape index (κ1) is 17.5. The predicted molar refractivity (Wildman–Crippen MR) is 59.9 cm³/mol. The molecular weight excluding hydrogens is 278 g/mol. The van der Waals surface area contributed by atoms with E-state index >= 15 is 0 Å². The Morgan fingerprint density at radius 1 is 1.41 bits per heavy atom. The van der Waals surface area contributed by atoms with Gasteiger partial charge in [-0.15, -0.1) is 12.1 Å². The van der Waals surface area contributed by atoms with Crippen molar-refractivity contribution in [3.63, 3.8) is 0 Å². The van der Waals surface area contributed by atoms with Gasteiger partial charge in [0.25, 0.3) is 0 Å². The first-order chi connectivity index (χ1) is 7.30. The first-order valence-corrected chi connectivity index (χ1v) is 4.95. The monoisotopic (exact) mass is 288 g/mol. The number of hydrogen-bond donors (Lipinski definition) is 0. The van der Waals surface area contributed by atoms with Crippen LogP contribution < -0.4 is 56.1 Å². The van der Waals surface area contributed by atoms with Crippen LogP contribution in [0.2, 0.25) is 5.02 Å². The number of hydrogen-bond acceptors (Lipinski definition) is 1. The van der Waals surface area contributed by atoms with Crippen LogP contribution in [0.25, 0.3) is 0 Å². The third-order valence-corrected chi connectivity index (χ3v) is 2.25. The van der Waals surface area contributed by atoms with Crippen LogP contribution in [0, 0.1) is 6.92 Å². The topological polar surface area (TPSA) is 9.23 Å². The van der Waals surface area contributed by atoms with E-state index in [0.29, 0.717) is 16.3 Å². The van der Waals surface area contributed by atoms with E-state index in [4.69, 9.17) is 16.3 Å². The molecule has 1 nitrogen and oxygen atoms in total. The number of rotatable bonds is 4. The summed E-state index contributed by atoms with van der Waals surface area (Å²) in [6.45, 7) is -0.932. The van der Waals surface area contributed by atoms with Gasteiger partial charge in [0.2, 0.25) is 0 Å². The molecule has 0 aliphatic carbocycles. The Kier molecular flexibility index (Phi) is 7.44. The number of ether oxygens (including phenoxy) is 1. The molecule has 0 N–H and O–H groups in total. The van der Waals surface area contributed by atoms with Crippen LogP contribution in [-0.2, 0) is 0 Å². The Hall–Kier alpha value is 0.541. The van der Waals surface area contributed by atoms with Crippen molar-refractivity contribution in [1.29, 1.82) is 0 Å². The maximum Gasteiger partial charge on any atom is 1.00 e. The van der Waals surface area contributed by atoms with Gasteiger partial charge in [0, 0.05) is 5.02 Å². The zero-order valence-corrected chi connectivity index (χ0v) is 13.5. The summed E-state index contributed by atoms with van der Waals surface area (Å²) in [7, 11) is 0. The molecule has 0 aliphatic heterocycles. The van der Waals surface area contributed by atoms with Crippen molar-refractivity contribution in [3.05, 3.63) is 40.8 Å². The molecule has 0 amide bonds. The molecule has 0 spiro atoms. The maximum atomic E-state index is 12.2. The van der Waals surface area contributed by atoms with Crippen LogP contribution in [0.4, 0.5) is 12.9 Å². The van der Waals surface area contributed by atoms with E-state index in [2.05, 4.69) is 6.58 Å². The third-order valence-electron chi connectivity index (χ3n) is 2.01. The second-order valence-corrected chi connectivity index (χ2v) is 3.87. The van der Waals surface area contributed by atoms with E-state index in [9.17, 15) is 12.9 Å². The molecule has 0 aromatic heterocycles. The zero-order valence-electron chi connectivity index (χ0n) is 9.64.